The Labute approximate surface area is 90.7 Å². The molecule has 0 amide bonds. The van der Waals surface area contributed by atoms with Gasteiger partial charge in [0.2, 0.25) is 0 Å². The van der Waals surface area contributed by atoms with Gasteiger partial charge in [0.05, 0.1) is 6.54 Å². The minimum absolute atomic E-state index is 0.00798. The van der Waals surface area contributed by atoms with E-state index in [4.69, 9.17) is 9.52 Å². The maximum atomic E-state index is 8.90. The molecule has 1 N–H and O–H groups in total. The number of hydrogen-bond acceptors (Lipinski definition) is 3. The van der Waals surface area contributed by atoms with Crippen LogP contribution in [0.5, 0.6) is 0 Å². The summed E-state index contributed by atoms with van der Waals surface area (Å²) in [6, 6.07) is 4.44. The topological polar surface area (TPSA) is 36.6 Å². The van der Waals surface area contributed by atoms with Crippen LogP contribution in [0.25, 0.3) is 0 Å². The van der Waals surface area contributed by atoms with Gasteiger partial charge in [-0.2, -0.15) is 0 Å². The van der Waals surface area contributed by atoms with Crippen molar-refractivity contribution in [2.75, 3.05) is 6.54 Å². The molecule has 0 saturated carbocycles. The van der Waals surface area contributed by atoms with Crippen molar-refractivity contribution in [1.29, 1.82) is 0 Å². The summed E-state index contributed by atoms with van der Waals surface area (Å²) in [7, 11) is 0. The van der Waals surface area contributed by atoms with E-state index in [1.54, 1.807) is 0 Å². The molecule has 1 aliphatic rings. The predicted octanol–water partition coefficient (Wildman–Crippen LogP) is 2.00. The van der Waals surface area contributed by atoms with Crippen LogP contribution in [0.3, 0.4) is 0 Å². The number of aliphatic hydroxyl groups excluding tert-OH is 1. The Morgan fingerprint density at radius 1 is 1.40 bits per heavy atom. The molecule has 1 aliphatic heterocycles. The minimum atomic E-state index is -0.00798. The van der Waals surface area contributed by atoms with Crippen LogP contribution in [0, 0.1) is 5.92 Å². The van der Waals surface area contributed by atoms with Gasteiger partial charge in [-0.1, -0.05) is 6.92 Å². The maximum Gasteiger partial charge on any atom is 0.129 e. The van der Waals surface area contributed by atoms with E-state index in [0.29, 0.717) is 11.8 Å². The fraction of sp³-hybridized carbons (Fsp3) is 0.667. The highest BCUT2D eigenvalue weighted by atomic mass is 16.4. The number of hydrogen-bond donors (Lipinski definition) is 1. The molecule has 2 heterocycles. The summed E-state index contributed by atoms with van der Waals surface area (Å²) in [5.74, 6) is 2.39. The summed E-state index contributed by atoms with van der Waals surface area (Å²) in [6.45, 7) is 6.58. The van der Waals surface area contributed by atoms with Crippen molar-refractivity contribution in [2.45, 2.75) is 39.5 Å². The van der Waals surface area contributed by atoms with Crippen LogP contribution in [0.15, 0.2) is 16.5 Å². The molecule has 15 heavy (non-hydrogen) atoms. The molecular formula is C12H19NO2. The molecule has 84 valence electrons. The third-order valence-corrected chi connectivity index (χ3v) is 3.50. The molecule has 0 bridgehead atoms. The minimum Gasteiger partial charge on any atom is -0.462 e. The fourth-order valence-corrected chi connectivity index (χ4v) is 2.19. The molecule has 3 heteroatoms. The van der Waals surface area contributed by atoms with E-state index in [-0.39, 0.29) is 6.61 Å². The monoisotopic (exact) mass is 209 g/mol. The van der Waals surface area contributed by atoms with E-state index in [0.717, 1.165) is 24.8 Å². The van der Waals surface area contributed by atoms with Crippen molar-refractivity contribution in [3.05, 3.63) is 23.7 Å². The second-order valence-corrected chi connectivity index (χ2v) is 4.50. The van der Waals surface area contributed by atoms with Crippen molar-refractivity contribution in [1.82, 2.24) is 4.90 Å². The summed E-state index contributed by atoms with van der Waals surface area (Å²) >= 11 is 0. The zero-order chi connectivity index (χ0) is 10.8. The van der Waals surface area contributed by atoms with Gasteiger partial charge in [0.1, 0.15) is 18.1 Å². The van der Waals surface area contributed by atoms with Gasteiger partial charge in [0.25, 0.3) is 0 Å². The van der Waals surface area contributed by atoms with Crippen LogP contribution in [0.1, 0.15) is 31.8 Å². The second kappa shape index (κ2) is 4.37. The van der Waals surface area contributed by atoms with E-state index >= 15 is 0 Å². The summed E-state index contributed by atoms with van der Waals surface area (Å²) in [4.78, 5) is 2.44. The van der Waals surface area contributed by atoms with Gasteiger partial charge in [-0.15, -0.1) is 0 Å². The Morgan fingerprint density at radius 2 is 2.13 bits per heavy atom. The van der Waals surface area contributed by atoms with Crippen molar-refractivity contribution in [3.8, 4) is 0 Å². The van der Waals surface area contributed by atoms with Crippen molar-refractivity contribution in [3.63, 3.8) is 0 Å². The Kier molecular flexibility index (Phi) is 3.12. The Morgan fingerprint density at radius 3 is 2.67 bits per heavy atom. The number of rotatable bonds is 3. The van der Waals surface area contributed by atoms with E-state index < -0.39 is 0 Å². The first-order valence-corrected chi connectivity index (χ1v) is 5.63. The average molecular weight is 209 g/mol. The van der Waals surface area contributed by atoms with Gasteiger partial charge in [0, 0.05) is 6.04 Å². The molecule has 0 radical (unpaired) electrons. The van der Waals surface area contributed by atoms with Crippen LogP contribution in [0.2, 0.25) is 0 Å². The second-order valence-electron chi connectivity index (χ2n) is 4.50. The van der Waals surface area contributed by atoms with Gasteiger partial charge in [-0.25, -0.2) is 0 Å². The average Bonchev–Trinajstić information content (AvgIpc) is 2.80. The van der Waals surface area contributed by atoms with Gasteiger partial charge in [-0.05, 0) is 37.9 Å². The smallest absolute Gasteiger partial charge is 0.129 e. The molecular weight excluding hydrogens is 190 g/mol. The largest absolute Gasteiger partial charge is 0.462 e. The van der Waals surface area contributed by atoms with Crippen LogP contribution in [-0.4, -0.2) is 22.6 Å². The third kappa shape index (κ3) is 2.24. The molecule has 2 rings (SSSR count). The first kappa shape index (κ1) is 10.7. The van der Waals surface area contributed by atoms with Gasteiger partial charge < -0.3 is 9.52 Å². The van der Waals surface area contributed by atoms with Crippen LogP contribution in [-0.2, 0) is 13.2 Å². The summed E-state index contributed by atoms with van der Waals surface area (Å²) < 4.78 is 5.49. The lowest BCUT2D eigenvalue weighted by molar-refractivity contribution is 0.206. The van der Waals surface area contributed by atoms with Gasteiger partial charge >= 0.3 is 0 Å². The Hall–Kier alpha value is -0.800. The number of likely N-dealkylation sites (tertiary alicyclic amines) is 1. The zero-order valence-corrected chi connectivity index (χ0v) is 9.44. The van der Waals surface area contributed by atoms with E-state index in [1.807, 2.05) is 12.1 Å². The molecule has 3 nitrogen and oxygen atoms in total. The molecule has 1 fully saturated rings. The zero-order valence-electron chi connectivity index (χ0n) is 9.44. The number of aliphatic hydroxyl groups is 1. The van der Waals surface area contributed by atoms with Crippen LogP contribution >= 0.6 is 0 Å². The standard InChI is InChI=1S/C12H19NO2/c1-9-5-6-13(10(9)2)7-11-3-4-12(8-14)15-11/h3-4,9-10,14H,5-8H2,1-2H3. The Bertz CT molecular complexity index is 321. The fourth-order valence-electron chi connectivity index (χ4n) is 2.19. The maximum absolute atomic E-state index is 8.90. The third-order valence-electron chi connectivity index (χ3n) is 3.50. The SMILES string of the molecule is CC1CCN(Cc2ccc(CO)o2)C1C. The molecule has 2 atom stereocenters. The van der Waals surface area contributed by atoms with Crippen molar-refractivity contribution < 1.29 is 9.52 Å². The first-order chi connectivity index (χ1) is 7.20. The van der Waals surface area contributed by atoms with E-state index in [2.05, 4.69) is 18.7 Å². The molecule has 0 aromatic carbocycles. The van der Waals surface area contributed by atoms with Gasteiger partial charge in [0.15, 0.2) is 0 Å². The van der Waals surface area contributed by atoms with Gasteiger partial charge in [-0.3, -0.25) is 4.90 Å². The van der Waals surface area contributed by atoms with Crippen LogP contribution < -0.4 is 0 Å². The summed E-state index contributed by atoms with van der Waals surface area (Å²) in [5, 5.41) is 8.90. The normalized spacial score (nSPS) is 27.4. The number of furan rings is 1. The van der Waals surface area contributed by atoms with E-state index in [1.165, 1.54) is 6.42 Å². The lowest BCUT2D eigenvalue weighted by atomic mass is 10.1. The quantitative estimate of drug-likeness (QED) is 0.827. The molecule has 2 unspecified atom stereocenters. The molecule has 0 spiro atoms. The van der Waals surface area contributed by atoms with Crippen molar-refractivity contribution >= 4 is 0 Å². The number of nitrogens with zero attached hydrogens (tertiary/aromatic N) is 1. The molecule has 1 saturated heterocycles. The predicted molar refractivity (Wildman–Crippen MR) is 58.3 cm³/mol. The first-order valence-electron chi connectivity index (χ1n) is 5.63. The Balaban J connectivity index is 1.97. The lowest BCUT2D eigenvalue weighted by Crippen LogP contribution is -2.28. The summed E-state index contributed by atoms with van der Waals surface area (Å²) in [5.41, 5.74) is 0. The molecule has 0 aliphatic carbocycles. The molecule has 1 aromatic heterocycles. The highest BCUT2D eigenvalue weighted by molar-refractivity contribution is 5.06. The summed E-state index contributed by atoms with van der Waals surface area (Å²) in [6.07, 6.45) is 1.27. The molecule has 1 aromatic rings. The highest BCUT2D eigenvalue weighted by Gasteiger charge is 2.27. The lowest BCUT2D eigenvalue weighted by Gasteiger charge is -2.21. The van der Waals surface area contributed by atoms with Crippen LogP contribution in [0.4, 0.5) is 0 Å². The van der Waals surface area contributed by atoms with E-state index in [9.17, 15) is 0 Å². The highest BCUT2D eigenvalue weighted by Crippen LogP contribution is 2.25. The van der Waals surface area contributed by atoms with Crippen molar-refractivity contribution in [2.24, 2.45) is 5.92 Å².